The van der Waals surface area contributed by atoms with Gasteiger partial charge in [0.15, 0.2) is 0 Å². The number of aromatic nitrogens is 1. The van der Waals surface area contributed by atoms with E-state index in [9.17, 15) is 0 Å². The number of para-hydroxylation sites is 2. The third-order valence-electron chi connectivity index (χ3n) is 10.8. The molecule has 2 aromatic heterocycles. The molecule has 1 radical (unpaired) electrons. The molecule has 0 saturated carbocycles. The van der Waals surface area contributed by atoms with E-state index in [4.69, 9.17) is 12.2 Å². The maximum Gasteiger partial charge on any atom is 0 e. The summed E-state index contributed by atoms with van der Waals surface area (Å²) in [5.74, 6) is 6.73. The summed E-state index contributed by atoms with van der Waals surface area (Å²) in [5.41, 5.74) is 13.4. The Morgan fingerprint density at radius 1 is 0.763 bits per heavy atom. The SMILES string of the molecule is CC(C)(C)c1ccc(C2C(c3[c-]ccc4c3oc3ccccc34)=Nc3ccccc32)c(-c2ccccc2)c1.[2H]C([2H])(c1cc(-c2[c-]cccc2)nc[c]1[Ge]([CH3])([CH3])[CH3])C(C)C.[Ir]. The number of rotatable bonds is 7. The minimum Gasteiger partial charge on any atom is 0 e. The molecule has 299 valence electrons. The molecule has 1 unspecified atom stereocenters. The number of benzene rings is 6. The van der Waals surface area contributed by atoms with Crippen LogP contribution in [0.2, 0.25) is 17.3 Å². The molecule has 3 heterocycles. The molecule has 0 saturated heterocycles. The summed E-state index contributed by atoms with van der Waals surface area (Å²) in [5, 5.41) is 2.21. The fraction of sp³-hybridized carbons (Fsp3) is 0.222. The van der Waals surface area contributed by atoms with Crippen LogP contribution in [0.3, 0.4) is 0 Å². The number of fused-ring (bicyclic) bond motifs is 4. The molecule has 9 rings (SSSR count). The van der Waals surface area contributed by atoms with Gasteiger partial charge in [0.2, 0.25) is 0 Å². The van der Waals surface area contributed by atoms with Crippen molar-refractivity contribution in [1.29, 1.82) is 0 Å². The summed E-state index contributed by atoms with van der Waals surface area (Å²) in [6.45, 7) is 10.7. The topological polar surface area (TPSA) is 38.4 Å². The van der Waals surface area contributed by atoms with Crippen LogP contribution < -0.4 is 4.40 Å². The van der Waals surface area contributed by atoms with Gasteiger partial charge in [-0.25, -0.2) is 0 Å². The average molecular weight is 1010 g/mol. The summed E-state index contributed by atoms with van der Waals surface area (Å²) in [6, 6.07) is 54.8. The van der Waals surface area contributed by atoms with Crippen LogP contribution in [0.4, 0.5) is 5.69 Å². The van der Waals surface area contributed by atoms with Gasteiger partial charge in [-0.15, -0.1) is 18.2 Å². The van der Waals surface area contributed by atoms with Crippen LogP contribution in [0.1, 0.15) is 71.1 Å². The molecule has 1 atom stereocenters. The molecule has 1 aliphatic rings. The maximum absolute atomic E-state index is 8.56. The van der Waals surface area contributed by atoms with Crippen LogP contribution >= 0.6 is 0 Å². The predicted molar refractivity (Wildman–Crippen MR) is 248 cm³/mol. The Morgan fingerprint density at radius 2 is 1.49 bits per heavy atom. The van der Waals surface area contributed by atoms with Gasteiger partial charge in [-0.3, -0.25) is 4.99 Å². The van der Waals surface area contributed by atoms with E-state index in [1.54, 1.807) is 0 Å². The third-order valence-corrected chi connectivity index (χ3v) is 15.0. The van der Waals surface area contributed by atoms with Gasteiger partial charge in [0.05, 0.1) is 11.3 Å². The molecule has 0 amide bonds. The van der Waals surface area contributed by atoms with Gasteiger partial charge in [-0.05, 0) is 51.1 Å². The van der Waals surface area contributed by atoms with Crippen LogP contribution in [-0.2, 0) is 31.9 Å². The van der Waals surface area contributed by atoms with Gasteiger partial charge < -0.3 is 4.42 Å². The van der Waals surface area contributed by atoms with Crippen LogP contribution in [-0.4, -0.2) is 24.0 Å². The molecule has 3 nitrogen and oxygen atoms in total. The summed E-state index contributed by atoms with van der Waals surface area (Å²) in [4.78, 5) is 9.83. The Hall–Kier alpha value is -4.87. The molecule has 59 heavy (non-hydrogen) atoms. The zero-order chi connectivity index (χ0) is 42.4. The van der Waals surface area contributed by atoms with Crippen molar-refractivity contribution < 1.29 is 27.3 Å². The minimum absolute atomic E-state index is 0. The number of hydrogen-bond donors (Lipinski definition) is 0. The van der Waals surface area contributed by atoms with Crippen molar-refractivity contribution in [3.05, 3.63) is 186 Å². The number of aliphatic imine (C=N–C) groups is 1. The van der Waals surface area contributed by atoms with E-state index in [1.807, 2.05) is 68.6 Å². The molecule has 6 aromatic carbocycles. The van der Waals surface area contributed by atoms with E-state index in [1.165, 1.54) is 27.8 Å². The summed E-state index contributed by atoms with van der Waals surface area (Å²) < 4.78 is 24.7. The first-order chi connectivity index (χ1) is 28.6. The normalized spacial score (nSPS) is 14.5. The maximum atomic E-state index is 8.56. The van der Waals surface area contributed by atoms with Crippen molar-refractivity contribution in [3.8, 4) is 22.4 Å². The summed E-state index contributed by atoms with van der Waals surface area (Å²) in [6.07, 6.45) is 0.562. The van der Waals surface area contributed by atoms with Crippen LogP contribution in [0.15, 0.2) is 155 Å². The molecule has 0 N–H and O–H groups in total. The van der Waals surface area contributed by atoms with E-state index in [2.05, 4.69) is 146 Å². The van der Waals surface area contributed by atoms with Gasteiger partial charge in [-0.2, -0.15) is 0 Å². The number of furan rings is 1. The van der Waals surface area contributed by atoms with E-state index in [0.29, 0.717) is 0 Å². The van der Waals surface area contributed by atoms with Crippen LogP contribution in [0, 0.1) is 18.1 Å². The smallest absolute Gasteiger partial charge is 0 e. The third kappa shape index (κ3) is 8.87. The Morgan fingerprint density at radius 3 is 2.22 bits per heavy atom. The Balaban J connectivity index is 0.000000210. The molecule has 0 spiro atoms. The first-order valence-corrected chi connectivity index (χ1v) is 27.6. The van der Waals surface area contributed by atoms with E-state index in [0.717, 1.165) is 60.1 Å². The van der Waals surface area contributed by atoms with Gasteiger partial charge in [-0.1, -0.05) is 117 Å². The largest absolute Gasteiger partial charge is 0 e. The Labute approximate surface area is 369 Å². The molecular formula is C54H52GeIrN2O-2. The summed E-state index contributed by atoms with van der Waals surface area (Å²) in [7, 11) is 0. The van der Waals surface area contributed by atoms with Gasteiger partial charge >= 0.3 is 128 Å². The molecule has 1 aliphatic heterocycles. The van der Waals surface area contributed by atoms with Crippen molar-refractivity contribution in [2.45, 2.75) is 69.6 Å². The number of pyridine rings is 1. The summed E-state index contributed by atoms with van der Waals surface area (Å²) >= 11 is -2.20. The second kappa shape index (κ2) is 17.4. The van der Waals surface area contributed by atoms with Crippen LogP contribution in [0.25, 0.3) is 44.3 Å². The molecule has 0 fully saturated rings. The molecule has 0 aliphatic carbocycles. The average Bonchev–Trinajstić information content (AvgIpc) is 3.82. The minimum atomic E-state index is -2.20. The van der Waals surface area contributed by atoms with Gasteiger partial charge in [0.25, 0.3) is 0 Å². The van der Waals surface area contributed by atoms with Crippen LogP contribution in [0.5, 0.6) is 0 Å². The van der Waals surface area contributed by atoms with E-state index >= 15 is 0 Å². The van der Waals surface area contributed by atoms with Crippen molar-refractivity contribution in [3.63, 3.8) is 0 Å². The van der Waals surface area contributed by atoms with Gasteiger partial charge in [0, 0.05) is 31.4 Å². The first kappa shape index (κ1) is 39.6. The fourth-order valence-electron chi connectivity index (χ4n) is 7.90. The second-order valence-electron chi connectivity index (χ2n) is 17.5. The molecular weight excluding hydrogens is 957 g/mol. The molecule has 0 bridgehead atoms. The van der Waals surface area contributed by atoms with Gasteiger partial charge in [0.1, 0.15) is 5.58 Å². The van der Waals surface area contributed by atoms with E-state index in [-0.39, 0.29) is 37.4 Å². The Bertz CT molecular complexity index is 2850. The zero-order valence-corrected chi connectivity index (χ0v) is 39.6. The predicted octanol–water partition coefficient (Wildman–Crippen LogP) is 13.9. The van der Waals surface area contributed by atoms with Crippen molar-refractivity contribution in [1.82, 2.24) is 4.98 Å². The number of nitrogens with zero attached hydrogens (tertiary/aromatic N) is 2. The standard InChI is InChI=1S/C36H28NO.C18H24GeN.Ir/c1-36(2,3)24-20-21-26(30(22-24)23-12-5-4-6-13-23)33-28-15-7-9-18-31(28)37-34(33)29-17-11-16-27-25-14-8-10-19-32(25)38-35(27)29;1-14(2)11-16-12-18(15-9-7-6-8-10-15)20-13-17(16)19(3,4)5;/h4-16,18-22,33H,1-3H3;6-9,12-14H,11H2,1-5H3;/q2*-1;/i;11D2;. The van der Waals surface area contributed by atoms with Crippen molar-refractivity contribution >= 4 is 51.0 Å². The quantitative estimate of drug-likeness (QED) is 0.118. The van der Waals surface area contributed by atoms with Crippen molar-refractivity contribution in [2.24, 2.45) is 10.9 Å². The number of hydrogen-bond acceptors (Lipinski definition) is 3. The monoisotopic (exact) mass is 1010 g/mol. The Kier molecular flexibility index (Phi) is 11.7. The second-order valence-corrected chi connectivity index (χ2v) is 28.1. The van der Waals surface area contributed by atoms with Crippen molar-refractivity contribution in [2.75, 3.05) is 0 Å². The fourth-order valence-corrected chi connectivity index (χ4v) is 10.8. The van der Waals surface area contributed by atoms with E-state index < -0.39 is 19.6 Å². The zero-order valence-electron chi connectivity index (χ0n) is 37.1. The first-order valence-electron chi connectivity index (χ1n) is 21.3. The molecule has 5 heteroatoms. The molecule has 8 aromatic rings.